The van der Waals surface area contributed by atoms with Gasteiger partial charge in [0.05, 0.1) is 5.69 Å². The first-order valence-electron chi connectivity index (χ1n) is 9.25. The van der Waals surface area contributed by atoms with E-state index in [0.29, 0.717) is 30.0 Å². The van der Waals surface area contributed by atoms with E-state index in [1.54, 1.807) is 15.5 Å². The van der Waals surface area contributed by atoms with Crippen LogP contribution in [0.1, 0.15) is 45.1 Å². The van der Waals surface area contributed by atoms with Gasteiger partial charge in [-0.1, -0.05) is 30.3 Å². The van der Waals surface area contributed by atoms with Gasteiger partial charge >= 0.3 is 0 Å². The van der Waals surface area contributed by atoms with Crippen LogP contribution in [0.5, 0.6) is 0 Å². The lowest BCUT2D eigenvalue weighted by Crippen LogP contribution is -2.42. The van der Waals surface area contributed by atoms with Crippen LogP contribution in [0.15, 0.2) is 42.5 Å². The number of nitrogens with zero attached hydrogens (tertiary/aromatic N) is 4. The topological polar surface area (TPSA) is 67.6 Å². The Balaban J connectivity index is 1.56. The number of rotatable bonds is 3. The van der Waals surface area contributed by atoms with Crippen molar-refractivity contribution >= 4 is 17.3 Å². The molecule has 3 aromatic rings. The number of benzene rings is 1. The molecule has 6 heteroatoms. The smallest absolute Gasteiger partial charge is 0.272 e. The van der Waals surface area contributed by atoms with Crippen molar-refractivity contribution in [3.05, 3.63) is 65.1 Å². The van der Waals surface area contributed by atoms with Crippen molar-refractivity contribution < 1.29 is 9.59 Å². The summed E-state index contributed by atoms with van der Waals surface area (Å²) in [5.41, 5.74) is 3.52. The second-order valence-corrected chi connectivity index (χ2v) is 7.16. The zero-order valence-corrected chi connectivity index (χ0v) is 15.6. The molecule has 1 aromatic carbocycles. The zero-order chi connectivity index (χ0) is 19.0. The fourth-order valence-electron chi connectivity index (χ4n) is 3.72. The minimum atomic E-state index is -0.160. The van der Waals surface area contributed by atoms with E-state index in [2.05, 4.69) is 10.1 Å². The SMILES string of the molecule is Cc1cc2nc(C(=O)N3CCC[C@@H](C(=O)c4ccccc4)C3)cc(C)n2n1. The number of carbonyl (C=O) groups excluding carboxylic acids is 2. The molecule has 1 aliphatic rings. The monoisotopic (exact) mass is 362 g/mol. The molecule has 1 amide bonds. The molecule has 1 atom stereocenters. The van der Waals surface area contributed by atoms with E-state index in [1.165, 1.54) is 0 Å². The van der Waals surface area contributed by atoms with Crippen molar-refractivity contribution in [3.63, 3.8) is 0 Å². The molecule has 0 saturated carbocycles. The lowest BCUT2D eigenvalue weighted by atomic mass is 9.90. The van der Waals surface area contributed by atoms with Gasteiger partial charge < -0.3 is 4.90 Å². The molecule has 0 unspecified atom stereocenters. The van der Waals surface area contributed by atoms with Crippen molar-refractivity contribution in [3.8, 4) is 0 Å². The Labute approximate surface area is 157 Å². The molecule has 6 nitrogen and oxygen atoms in total. The maximum absolute atomic E-state index is 13.0. The van der Waals surface area contributed by atoms with Gasteiger partial charge in [0.25, 0.3) is 5.91 Å². The molecule has 0 N–H and O–H groups in total. The van der Waals surface area contributed by atoms with Crippen molar-refractivity contribution in [2.24, 2.45) is 5.92 Å². The average Bonchev–Trinajstić information content (AvgIpc) is 3.08. The first-order chi connectivity index (χ1) is 13.0. The van der Waals surface area contributed by atoms with Gasteiger partial charge in [0.2, 0.25) is 0 Å². The van der Waals surface area contributed by atoms with Gasteiger partial charge in [-0.15, -0.1) is 0 Å². The number of piperidine rings is 1. The Kier molecular flexibility index (Phi) is 4.48. The van der Waals surface area contributed by atoms with E-state index in [-0.39, 0.29) is 17.6 Å². The van der Waals surface area contributed by atoms with Crippen molar-refractivity contribution in [2.45, 2.75) is 26.7 Å². The summed E-state index contributed by atoms with van der Waals surface area (Å²) in [5.74, 6) is -0.170. The largest absolute Gasteiger partial charge is 0.337 e. The maximum atomic E-state index is 13.0. The van der Waals surface area contributed by atoms with Gasteiger partial charge in [-0.2, -0.15) is 5.10 Å². The normalized spacial score (nSPS) is 17.3. The highest BCUT2D eigenvalue weighted by Crippen LogP contribution is 2.22. The quantitative estimate of drug-likeness (QED) is 0.672. The lowest BCUT2D eigenvalue weighted by Gasteiger charge is -2.32. The first-order valence-corrected chi connectivity index (χ1v) is 9.25. The molecule has 1 saturated heterocycles. The van der Waals surface area contributed by atoms with Crippen LogP contribution in [-0.4, -0.2) is 44.3 Å². The second-order valence-electron chi connectivity index (χ2n) is 7.16. The van der Waals surface area contributed by atoms with Crippen LogP contribution in [0.2, 0.25) is 0 Å². The molecule has 0 spiro atoms. The van der Waals surface area contributed by atoms with Gasteiger partial charge in [-0.25, -0.2) is 9.50 Å². The Bertz CT molecular complexity index is 1010. The van der Waals surface area contributed by atoms with Crippen LogP contribution in [0, 0.1) is 19.8 Å². The van der Waals surface area contributed by atoms with Gasteiger partial charge in [-0.3, -0.25) is 9.59 Å². The van der Waals surface area contributed by atoms with Gasteiger partial charge in [0.1, 0.15) is 5.69 Å². The van der Waals surface area contributed by atoms with E-state index in [9.17, 15) is 9.59 Å². The highest BCUT2D eigenvalue weighted by molar-refractivity contribution is 5.99. The molecule has 4 rings (SSSR count). The zero-order valence-electron chi connectivity index (χ0n) is 15.6. The number of hydrogen-bond acceptors (Lipinski definition) is 4. The van der Waals surface area contributed by atoms with Crippen molar-refractivity contribution in [2.75, 3.05) is 13.1 Å². The lowest BCUT2D eigenvalue weighted by molar-refractivity contribution is 0.0632. The minimum absolute atomic E-state index is 0.110. The van der Waals surface area contributed by atoms with Gasteiger partial charge in [-0.05, 0) is 32.8 Å². The van der Waals surface area contributed by atoms with Crippen LogP contribution < -0.4 is 0 Å². The molecule has 27 heavy (non-hydrogen) atoms. The fourth-order valence-corrected chi connectivity index (χ4v) is 3.72. The summed E-state index contributed by atoms with van der Waals surface area (Å²) in [6.07, 6.45) is 1.63. The summed E-state index contributed by atoms with van der Waals surface area (Å²) in [7, 11) is 0. The third kappa shape index (κ3) is 3.35. The number of fused-ring (bicyclic) bond motifs is 1. The summed E-state index contributed by atoms with van der Waals surface area (Å²) in [6, 6.07) is 12.9. The van der Waals surface area contributed by atoms with Crippen LogP contribution >= 0.6 is 0 Å². The molecule has 0 bridgehead atoms. The molecular weight excluding hydrogens is 340 g/mol. The standard InChI is InChI=1S/C21H22N4O2/c1-14-11-19-22-18(12-15(2)25(19)23-14)21(27)24-10-6-9-17(13-24)20(26)16-7-4-3-5-8-16/h3-5,7-8,11-12,17H,6,9-10,13H2,1-2H3/t17-/m1/s1. The van der Waals surface area contributed by atoms with Crippen molar-refractivity contribution in [1.29, 1.82) is 0 Å². The Hall–Kier alpha value is -3.02. The number of carbonyl (C=O) groups is 2. The van der Waals surface area contributed by atoms with E-state index in [1.807, 2.05) is 50.2 Å². The molecule has 2 aromatic heterocycles. The summed E-state index contributed by atoms with van der Waals surface area (Å²) >= 11 is 0. The molecule has 1 aliphatic heterocycles. The number of amides is 1. The summed E-state index contributed by atoms with van der Waals surface area (Å²) in [4.78, 5) is 32.0. The third-order valence-corrected chi connectivity index (χ3v) is 5.08. The van der Waals surface area contributed by atoms with E-state index < -0.39 is 0 Å². The second kappa shape index (κ2) is 6.95. The molecule has 0 aliphatic carbocycles. The highest BCUT2D eigenvalue weighted by atomic mass is 16.2. The maximum Gasteiger partial charge on any atom is 0.272 e. The number of likely N-dealkylation sites (tertiary alicyclic amines) is 1. The number of Topliss-reactive ketones (excluding diaryl/α,β-unsaturated/α-hetero) is 1. The fraction of sp³-hybridized carbons (Fsp3) is 0.333. The van der Waals surface area contributed by atoms with Crippen LogP contribution in [0.4, 0.5) is 0 Å². The highest BCUT2D eigenvalue weighted by Gasteiger charge is 2.30. The van der Waals surface area contributed by atoms with Crippen LogP contribution in [0.25, 0.3) is 5.65 Å². The summed E-state index contributed by atoms with van der Waals surface area (Å²) < 4.78 is 1.74. The molecular formula is C21H22N4O2. The van der Waals surface area contributed by atoms with E-state index in [4.69, 9.17) is 0 Å². The van der Waals surface area contributed by atoms with Gasteiger partial charge in [0.15, 0.2) is 11.4 Å². The number of hydrogen-bond donors (Lipinski definition) is 0. The molecule has 3 heterocycles. The number of aromatic nitrogens is 3. The summed E-state index contributed by atoms with van der Waals surface area (Å²) in [5, 5.41) is 4.38. The molecule has 0 radical (unpaired) electrons. The Morgan fingerprint density at radius 2 is 1.89 bits per heavy atom. The summed E-state index contributed by atoms with van der Waals surface area (Å²) in [6.45, 7) is 4.91. The molecule has 138 valence electrons. The Morgan fingerprint density at radius 3 is 2.67 bits per heavy atom. The predicted molar refractivity (Wildman–Crippen MR) is 102 cm³/mol. The van der Waals surface area contributed by atoms with E-state index in [0.717, 1.165) is 24.2 Å². The Morgan fingerprint density at radius 1 is 1.11 bits per heavy atom. The van der Waals surface area contributed by atoms with E-state index >= 15 is 0 Å². The first kappa shape index (κ1) is 17.4. The number of aryl methyl sites for hydroxylation is 2. The minimum Gasteiger partial charge on any atom is -0.337 e. The van der Waals surface area contributed by atoms with Gasteiger partial charge in [0, 0.05) is 36.3 Å². The number of ketones is 1. The third-order valence-electron chi connectivity index (χ3n) is 5.08. The van der Waals surface area contributed by atoms with Crippen LogP contribution in [-0.2, 0) is 0 Å². The van der Waals surface area contributed by atoms with Crippen molar-refractivity contribution in [1.82, 2.24) is 19.5 Å². The molecule has 1 fully saturated rings. The average molecular weight is 362 g/mol. The van der Waals surface area contributed by atoms with Crippen LogP contribution in [0.3, 0.4) is 0 Å². The predicted octanol–water partition coefficient (Wildman–Crippen LogP) is 3.08.